The van der Waals surface area contributed by atoms with Crippen LogP contribution in [0.1, 0.15) is 12.0 Å². The maximum atomic E-state index is 12.2. The number of thiol groups is 1. The largest absolute Gasteiger partial charge is 0.383 e. The standard InChI is InChI=1S/C14H18N2O2S/c1-18-10-9-16(8-2-7-15)14(17)11-12-3-5-13(19)6-4-12/h3-6,19H,2,8-11H2,1H3. The van der Waals surface area contributed by atoms with Gasteiger partial charge in [-0.2, -0.15) is 5.26 Å². The van der Waals surface area contributed by atoms with Gasteiger partial charge in [-0.3, -0.25) is 4.79 Å². The van der Waals surface area contributed by atoms with Crippen molar-refractivity contribution in [3.8, 4) is 6.07 Å². The molecule has 0 aliphatic rings. The summed E-state index contributed by atoms with van der Waals surface area (Å²) in [5.74, 6) is 0.0132. The second-order valence-corrected chi connectivity index (χ2v) is 4.64. The Kier molecular flexibility index (Phi) is 7.01. The zero-order chi connectivity index (χ0) is 14.1. The summed E-state index contributed by atoms with van der Waals surface area (Å²) in [5, 5.41) is 8.61. The fraction of sp³-hybridized carbons (Fsp3) is 0.429. The first-order chi connectivity index (χ1) is 9.17. The van der Waals surface area contributed by atoms with E-state index in [1.807, 2.05) is 24.3 Å². The summed E-state index contributed by atoms with van der Waals surface area (Å²) in [5.41, 5.74) is 0.946. The number of ether oxygens (including phenoxy) is 1. The van der Waals surface area contributed by atoms with Crippen molar-refractivity contribution >= 4 is 18.5 Å². The first kappa shape index (κ1) is 15.5. The van der Waals surface area contributed by atoms with Crippen molar-refractivity contribution in [1.29, 1.82) is 5.26 Å². The third-order valence-corrected chi connectivity index (χ3v) is 3.00. The number of rotatable bonds is 7. The fourth-order valence-corrected chi connectivity index (χ4v) is 1.80. The second kappa shape index (κ2) is 8.57. The van der Waals surface area contributed by atoms with Crippen molar-refractivity contribution in [1.82, 2.24) is 4.90 Å². The number of amides is 1. The van der Waals surface area contributed by atoms with Crippen LogP contribution < -0.4 is 0 Å². The highest BCUT2D eigenvalue weighted by molar-refractivity contribution is 7.80. The number of carbonyl (C=O) groups is 1. The summed E-state index contributed by atoms with van der Waals surface area (Å²) in [6.07, 6.45) is 0.675. The predicted molar refractivity (Wildman–Crippen MR) is 76.1 cm³/mol. The Bertz CT molecular complexity index is 440. The predicted octanol–water partition coefficient (Wildman–Crippen LogP) is 1.91. The van der Waals surface area contributed by atoms with E-state index in [9.17, 15) is 4.79 Å². The molecule has 0 aromatic heterocycles. The van der Waals surface area contributed by atoms with Crippen LogP contribution in [-0.2, 0) is 16.0 Å². The van der Waals surface area contributed by atoms with E-state index in [1.165, 1.54) is 0 Å². The van der Waals surface area contributed by atoms with Crippen molar-refractivity contribution in [3.05, 3.63) is 29.8 Å². The Labute approximate surface area is 119 Å². The maximum absolute atomic E-state index is 12.2. The van der Waals surface area contributed by atoms with Crippen LogP contribution in [0.25, 0.3) is 0 Å². The average Bonchev–Trinajstić information content (AvgIpc) is 2.41. The van der Waals surface area contributed by atoms with Gasteiger partial charge in [-0.25, -0.2) is 0 Å². The Morgan fingerprint density at radius 1 is 1.37 bits per heavy atom. The summed E-state index contributed by atoms with van der Waals surface area (Å²) in [6, 6.07) is 9.56. The molecule has 0 unspecified atom stereocenters. The molecule has 5 heteroatoms. The zero-order valence-corrected chi connectivity index (χ0v) is 11.9. The quantitative estimate of drug-likeness (QED) is 0.775. The fourth-order valence-electron chi connectivity index (χ4n) is 1.65. The summed E-state index contributed by atoms with van der Waals surface area (Å²) >= 11 is 4.21. The van der Waals surface area contributed by atoms with E-state index < -0.39 is 0 Å². The van der Waals surface area contributed by atoms with E-state index in [4.69, 9.17) is 10.00 Å². The van der Waals surface area contributed by atoms with Gasteiger partial charge < -0.3 is 9.64 Å². The molecule has 1 aromatic rings. The molecular formula is C14H18N2O2S. The normalized spacial score (nSPS) is 9.95. The Balaban J connectivity index is 2.59. The van der Waals surface area contributed by atoms with Crippen LogP contribution >= 0.6 is 12.6 Å². The number of hydrogen-bond acceptors (Lipinski definition) is 4. The minimum Gasteiger partial charge on any atom is -0.383 e. The number of nitrogens with zero attached hydrogens (tertiary/aromatic N) is 2. The number of benzene rings is 1. The zero-order valence-electron chi connectivity index (χ0n) is 11.0. The summed E-state index contributed by atoms with van der Waals surface area (Å²) < 4.78 is 4.98. The number of nitriles is 1. The van der Waals surface area contributed by atoms with Gasteiger partial charge >= 0.3 is 0 Å². The number of hydrogen-bond donors (Lipinski definition) is 1. The SMILES string of the molecule is COCCN(CCC#N)C(=O)Cc1ccc(S)cc1. The second-order valence-electron chi connectivity index (χ2n) is 4.12. The van der Waals surface area contributed by atoms with Crippen molar-refractivity contribution in [2.24, 2.45) is 0 Å². The van der Waals surface area contributed by atoms with Gasteiger partial charge in [0.1, 0.15) is 0 Å². The molecule has 0 heterocycles. The van der Waals surface area contributed by atoms with Crippen molar-refractivity contribution in [2.75, 3.05) is 26.8 Å². The molecule has 0 N–H and O–H groups in total. The molecule has 19 heavy (non-hydrogen) atoms. The van der Waals surface area contributed by atoms with E-state index in [0.29, 0.717) is 32.5 Å². The van der Waals surface area contributed by atoms with E-state index >= 15 is 0 Å². The van der Waals surface area contributed by atoms with Gasteiger partial charge in [0.15, 0.2) is 0 Å². The van der Waals surface area contributed by atoms with E-state index in [0.717, 1.165) is 10.5 Å². The lowest BCUT2D eigenvalue weighted by atomic mass is 10.1. The van der Waals surface area contributed by atoms with Crippen LogP contribution in [0, 0.1) is 11.3 Å². The van der Waals surface area contributed by atoms with Gasteiger partial charge in [-0.1, -0.05) is 12.1 Å². The van der Waals surface area contributed by atoms with Crippen LogP contribution in [0.2, 0.25) is 0 Å². The molecule has 0 aliphatic heterocycles. The van der Waals surface area contributed by atoms with Crippen LogP contribution in [0.15, 0.2) is 29.2 Å². The Morgan fingerprint density at radius 2 is 2.05 bits per heavy atom. The van der Waals surface area contributed by atoms with Crippen LogP contribution in [0.3, 0.4) is 0 Å². The summed E-state index contributed by atoms with van der Waals surface area (Å²) in [6.45, 7) is 1.44. The molecule has 4 nitrogen and oxygen atoms in total. The van der Waals surface area contributed by atoms with Gasteiger partial charge in [-0.05, 0) is 17.7 Å². The molecule has 0 radical (unpaired) electrons. The van der Waals surface area contributed by atoms with Crippen molar-refractivity contribution in [3.63, 3.8) is 0 Å². The minimum atomic E-state index is 0.0132. The maximum Gasteiger partial charge on any atom is 0.227 e. The molecule has 1 aromatic carbocycles. The number of methoxy groups -OCH3 is 1. The van der Waals surface area contributed by atoms with Crippen LogP contribution in [0.5, 0.6) is 0 Å². The highest BCUT2D eigenvalue weighted by atomic mass is 32.1. The molecular weight excluding hydrogens is 260 g/mol. The molecule has 0 fully saturated rings. The molecule has 0 saturated carbocycles. The lowest BCUT2D eigenvalue weighted by Gasteiger charge is -2.21. The first-order valence-electron chi connectivity index (χ1n) is 6.09. The van der Waals surface area contributed by atoms with E-state index in [-0.39, 0.29) is 5.91 Å². The molecule has 0 bridgehead atoms. The molecule has 0 spiro atoms. The van der Waals surface area contributed by atoms with Gasteiger partial charge in [0.05, 0.1) is 25.5 Å². The Morgan fingerprint density at radius 3 is 2.63 bits per heavy atom. The molecule has 0 saturated heterocycles. The van der Waals surface area contributed by atoms with E-state index in [1.54, 1.807) is 12.0 Å². The lowest BCUT2D eigenvalue weighted by molar-refractivity contribution is -0.131. The topological polar surface area (TPSA) is 53.3 Å². The summed E-state index contributed by atoms with van der Waals surface area (Å²) in [7, 11) is 1.60. The highest BCUT2D eigenvalue weighted by Crippen LogP contribution is 2.09. The molecule has 0 aliphatic carbocycles. The average molecular weight is 278 g/mol. The lowest BCUT2D eigenvalue weighted by Crippen LogP contribution is -2.35. The van der Waals surface area contributed by atoms with Crippen LogP contribution in [0.4, 0.5) is 0 Å². The minimum absolute atomic E-state index is 0.0132. The summed E-state index contributed by atoms with van der Waals surface area (Å²) in [4.78, 5) is 14.7. The highest BCUT2D eigenvalue weighted by Gasteiger charge is 2.13. The van der Waals surface area contributed by atoms with Crippen molar-refractivity contribution in [2.45, 2.75) is 17.7 Å². The third-order valence-electron chi connectivity index (χ3n) is 2.70. The van der Waals surface area contributed by atoms with Gasteiger partial charge in [0, 0.05) is 25.1 Å². The molecule has 0 atom stereocenters. The third kappa shape index (κ3) is 5.77. The van der Waals surface area contributed by atoms with Crippen LogP contribution in [-0.4, -0.2) is 37.6 Å². The van der Waals surface area contributed by atoms with Gasteiger partial charge in [0.2, 0.25) is 5.91 Å². The van der Waals surface area contributed by atoms with Gasteiger partial charge in [-0.15, -0.1) is 12.6 Å². The smallest absolute Gasteiger partial charge is 0.227 e. The Hall–Kier alpha value is -1.51. The molecule has 102 valence electrons. The first-order valence-corrected chi connectivity index (χ1v) is 6.53. The molecule has 1 amide bonds. The monoisotopic (exact) mass is 278 g/mol. The number of carbonyl (C=O) groups excluding carboxylic acids is 1. The van der Waals surface area contributed by atoms with Gasteiger partial charge in [0.25, 0.3) is 0 Å². The van der Waals surface area contributed by atoms with Crippen molar-refractivity contribution < 1.29 is 9.53 Å². The molecule has 1 rings (SSSR count). The van der Waals surface area contributed by atoms with E-state index in [2.05, 4.69) is 18.7 Å².